The van der Waals surface area contributed by atoms with E-state index in [0.29, 0.717) is 0 Å². The Labute approximate surface area is 246 Å². The van der Waals surface area contributed by atoms with Crippen molar-refractivity contribution in [2.75, 3.05) is 18.9 Å². The average molecular weight is 675 g/mol. The van der Waals surface area contributed by atoms with Gasteiger partial charge in [0.25, 0.3) is 0 Å². The molecule has 0 aromatic carbocycles. The third-order valence-electron chi connectivity index (χ3n) is 6.48. The Morgan fingerprint density at radius 2 is 1.93 bits per heavy atom. The highest BCUT2D eigenvalue weighted by Gasteiger charge is 2.56. The summed E-state index contributed by atoms with van der Waals surface area (Å²) < 4.78 is 52.5. The summed E-state index contributed by atoms with van der Waals surface area (Å²) in [7, 11) is -5.54. The molecule has 0 saturated carbocycles. The van der Waals surface area contributed by atoms with Gasteiger partial charge in [-0.1, -0.05) is 6.58 Å². The Balaban J connectivity index is 1.46. The Morgan fingerprint density at radius 3 is 2.58 bits per heavy atom. The van der Waals surface area contributed by atoms with E-state index in [1.165, 1.54) is 10.9 Å². The first-order valence-corrected chi connectivity index (χ1v) is 16.1. The first kappa shape index (κ1) is 34.0. The summed E-state index contributed by atoms with van der Waals surface area (Å²) in [5.74, 6) is 0.0176. The maximum Gasteiger partial charge on any atom is 0.481 e. The molecule has 43 heavy (non-hydrogen) atoms. The number of alkyl halides is 1. The van der Waals surface area contributed by atoms with E-state index in [2.05, 4.69) is 36.1 Å². The van der Waals surface area contributed by atoms with E-state index in [4.69, 9.17) is 36.6 Å². The molecule has 240 valence electrons. The molecule has 12 atom stereocenters. The predicted octanol–water partition coefficient (Wildman–Crippen LogP) is -2.76. The number of ether oxygens (including phenoxy) is 2. The quantitative estimate of drug-likeness (QED) is 0.0861. The summed E-state index contributed by atoms with van der Waals surface area (Å²) in [6.07, 6.45) is -14.4. The van der Waals surface area contributed by atoms with Gasteiger partial charge in [0, 0.05) is 0 Å². The zero-order valence-corrected chi connectivity index (χ0v) is 24.2. The summed E-state index contributed by atoms with van der Waals surface area (Å²) in [6.45, 7) is -3.41. The van der Waals surface area contributed by atoms with Crippen LogP contribution in [0.2, 0.25) is 0 Å². The molecular weight excluding hydrogens is 647 g/mol. The fourth-order valence-electron chi connectivity index (χ4n) is 4.41. The number of phosphoric acid groups is 1. The molecule has 4 heterocycles. The van der Waals surface area contributed by atoms with Gasteiger partial charge in [-0.15, -0.1) is 5.73 Å². The van der Waals surface area contributed by atoms with Crippen molar-refractivity contribution in [1.82, 2.24) is 19.5 Å². The molecule has 2 aromatic heterocycles. The number of aliphatic hydroxyl groups excluding tert-OH is 5. The molecule has 2 aliphatic heterocycles. The minimum absolute atomic E-state index is 0.0176. The number of aromatic nitrogens is 4. The molecule has 2 aromatic rings. The van der Waals surface area contributed by atoms with Crippen LogP contribution in [0.5, 0.6) is 0 Å². The van der Waals surface area contributed by atoms with Gasteiger partial charge in [0.2, 0.25) is 0 Å². The second-order valence-electron chi connectivity index (χ2n) is 9.35. The van der Waals surface area contributed by atoms with Gasteiger partial charge in [-0.05, 0) is 17.9 Å². The topological polar surface area (TPSA) is 295 Å². The summed E-state index contributed by atoms with van der Waals surface area (Å²) in [6, 6.07) is 0. The third kappa shape index (κ3) is 6.89. The fourth-order valence-corrected chi connectivity index (χ4v) is 7.51. The van der Waals surface area contributed by atoms with Crippen LogP contribution in [0.3, 0.4) is 0 Å². The van der Waals surface area contributed by atoms with Gasteiger partial charge in [-0.2, -0.15) is 0 Å². The highest BCUT2D eigenvalue weighted by molar-refractivity contribution is 8.08. The molecule has 0 radical (unpaired) electrons. The fraction of sp³-hybridized carbons (Fsp3) is 0.600. The number of anilines is 1. The van der Waals surface area contributed by atoms with Crippen molar-refractivity contribution in [2.24, 2.45) is 0 Å². The minimum Gasteiger partial charge on any atom is -0.393 e. The standard InChI is InChI=1S/C20H28FN5O14P2S/c1-2-3-20(32)15(31)9(37-19(20)26-7-25-10-16(22)23-6-24-17(10)26)5-36-42(35,43)40-41(33,34)39-18-13(30)11(28)12(29)14(38-18)8(21)4-27/h3,6-9,11-15,18-19,27-32H,1,4-5H2,(H,33,34)(H,35,43)(H2,22,23,24)/t8-,9+,11?,12?,13?,14?,15+,18?,19+,20+,42?/m0/s1. The number of nitrogens with zero attached hydrogens (tertiary/aromatic N) is 4. The molecule has 23 heteroatoms. The number of aliphatic hydroxyl groups is 6. The zero-order valence-electron chi connectivity index (χ0n) is 21.6. The van der Waals surface area contributed by atoms with Crippen molar-refractivity contribution >= 4 is 43.3 Å². The molecule has 2 fully saturated rings. The van der Waals surface area contributed by atoms with Crippen LogP contribution >= 0.6 is 14.5 Å². The van der Waals surface area contributed by atoms with E-state index in [1.54, 1.807) is 0 Å². The van der Waals surface area contributed by atoms with Gasteiger partial charge in [0.1, 0.15) is 48.5 Å². The number of halogens is 1. The first-order valence-electron chi connectivity index (χ1n) is 12.1. The molecular formula is C20H28FN5O14P2S. The van der Waals surface area contributed by atoms with E-state index in [1.807, 2.05) is 0 Å². The third-order valence-corrected chi connectivity index (χ3v) is 10.00. The summed E-state index contributed by atoms with van der Waals surface area (Å²) in [4.78, 5) is 32.5. The summed E-state index contributed by atoms with van der Waals surface area (Å²) in [5.41, 5.74) is 6.17. The van der Waals surface area contributed by atoms with Crippen LogP contribution in [0.4, 0.5) is 10.2 Å². The number of rotatable bonds is 11. The Kier molecular flexibility index (Phi) is 10.2. The Hall–Kier alpha value is -1.84. The van der Waals surface area contributed by atoms with Gasteiger partial charge in [0.15, 0.2) is 35.8 Å². The second-order valence-corrected chi connectivity index (χ2v) is 13.7. The van der Waals surface area contributed by atoms with Gasteiger partial charge >= 0.3 is 14.5 Å². The molecule has 0 aliphatic carbocycles. The van der Waals surface area contributed by atoms with Crippen molar-refractivity contribution in [3.8, 4) is 0 Å². The van der Waals surface area contributed by atoms with Crippen LogP contribution in [-0.2, 0) is 39.2 Å². The normalized spacial score (nSPS) is 36.5. The van der Waals surface area contributed by atoms with Crippen molar-refractivity contribution in [3.05, 3.63) is 31.0 Å². The lowest BCUT2D eigenvalue weighted by molar-refractivity contribution is -0.287. The second kappa shape index (κ2) is 12.9. The van der Waals surface area contributed by atoms with E-state index in [0.717, 1.165) is 12.4 Å². The van der Waals surface area contributed by atoms with Crippen molar-refractivity contribution in [3.63, 3.8) is 0 Å². The number of nitrogens with two attached hydrogens (primary N) is 1. The number of nitrogen functional groups attached to an aromatic ring is 1. The van der Waals surface area contributed by atoms with Crippen LogP contribution in [-0.4, -0.2) is 128 Å². The summed E-state index contributed by atoms with van der Waals surface area (Å²) in [5, 5.41) is 61.0. The van der Waals surface area contributed by atoms with Crippen LogP contribution < -0.4 is 5.73 Å². The lowest BCUT2D eigenvalue weighted by atomic mass is 9.94. The van der Waals surface area contributed by atoms with E-state index >= 15 is 0 Å². The molecule has 10 N–H and O–H groups in total. The summed E-state index contributed by atoms with van der Waals surface area (Å²) >= 11 is 4.73. The Bertz CT molecular complexity index is 1470. The molecule has 0 bridgehead atoms. The lowest BCUT2D eigenvalue weighted by Gasteiger charge is -2.41. The van der Waals surface area contributed by atoms with E-state index < -0.39 is 88.7 Å². The number of phosphoric ester groups is 1. The smallest absolute Gasteiger partial charge is 0.393 e. The maximum absolute atomic E-state index is 13.9. The van der Waals surface area contributed by atoms with E-state index in [-0.39, 0.29) is 17.0 Å². The average Bonchev–Trinajstić information content (AvgIpc) is 3.46. The van der Waals surface area contributed by atoms with Gasteiger partial charge in [0.05, 0.1) is 19.5 Å². The molecule has 7 unspecified atom stereocenters. The number of hydrogen-bond acceptors (Lipinski definition) is 17. The van der Waals surface area contributed by atoms with Gasteiger partial charge < -0.3 is 60.2 Å². The molecule has 2 saturated heterocycles. The SMILES string of the molecule is C=C=C[C@@]1(O)[C@H](O)[C@@H](COP(O)(=S)OP(=O)(O)OC2OC([C@@H](F)CO)C(O)C(O)C2O)O[C@H]1n1cnc2c(N)ncnc21. The minimum atomic E-state index is -5.54. The van der Waals surface area contributed by atoms with Crippen molar-refractivity contribution in [2.45, 2.75) is 60.9 Å². The molecule has 2 aliphatic rings. The maximum atomic E-state index is 13.9. The zero-order chi connectivity index (χ0) is 31.9. The highest BCUT2D eigenvalue weighted by Crippen LogP contribution is 2.62. The molecule has 4 rings (SSSR count). The molecule has 19 nitrogen and oxygen atoms in total. The number of imidazole rings is 1. The molecule has 0 spiro atoms. The predicted molar refractivity (Wildman–Crippen MR) is 141 cm³/mol. The first-order chi connectivity index (χ1) is 20.0. The van der Waals surface area contributed by atoms with E-state index in [9.17, 15) is 44.3 Å². The number of hydrogen-bond donors (Lipinski definition) is 9. The Morgan fingerprint density at radius 1 is 1.23 bits per heavy atom. The van der Waals surface area contributed by atoms with Crippen LogP contribution in [0, 0.1) is 0 Å². The monoisotopic (exact) mass is 675 g/mol. The van der Waals surface area contributed by atoms with Gasteiger partial charge in [-0.25, -0.2) is 28.2 Å². The van der Waals surface area contributed by atoms with Crippen LogP contribution in [0.1, 0.15) is 6.23 Å². The van der Waals surface area contributed by atoms with Crippen LogP contribution in [0.15, 0.2) is 31.0 Å². The van der Waals surface area contributed by atoms with Crippen molar-refractivity contribution in [1.29, 1.82) is 0 Å². The van der Waals surface area contributed by atoms with Crippen molar-refractivity contribution < 1.29 is 72.2 Å². The van der Waals surface area contributed by atoms with Crippen LogP contribution in [0.25, 0.3) is 11.2 Å². The number of fused-ring (bicyclic) bond motifs is 1. The van der Waals surface area contributed by atoms with Gasteiger partial charge in [-0.3, -0.25) is 9.09 Å². The highest BCUT2D eigenvalue weighted by atomic mass is 32.5. The largest absolute Gasteiger partial charge is 0.481 e. The molecule has 0 amide bonds. The lowest BCUT2D eigenvalue weighted by Crippen LogP contribution is -2.60.